The van der Waals surface area contributed by atoms with E-state index in [-0.39, 0.29) is 5.82 Å². The maximum absolute atomic E-state index is 12.9. The molecular weight excluding hydrogens is 243 g/mol. The molecule has 0 fully saturated rings. The zero-order chi connectivity index (χ0) is 13.2. The van der Waals surface area contributed by atoms with Crippen molar-refractivity contribution in [1.29, 1.82) is 0 Å². The van der Waals surface area contributed by atoms with Gasteiger partial charge >= 0.3 is 0 Å². The average molecular weight is 254 g/mol. The second-order valence-corrected chi connectivity index (χ2v) is 4.07. The maximum Gasteiger partial charge on any atom is 0.141 e. The van der Waals surface area contributed by atoms with Gasteiger partial charge in [-0.05, 0) is 24.3 Å². The van der Waals surface area contributed by atoms with E-state index in [2.05, 4.69) is 10.1 Å². The van der Waals surface area contributed by atoms with Gasteiger partial charge in [-0.2, -0.15) is 5.10 Å². The van der Waals surface area contributed by atoms with Gasteiger partial charge in [0.05, 0.1) is 29.5 Å². The number of nitrogen functional groups attached to an aromatic ring is 1. The van der Waals surface area contributed by atoms with Gasteiger partial charge in [-0.1, -0.05) is 18.2 Å². The lowest BCUT2D eigenvalue weighted by Crippen LogP contribution is -1.94. The molecule has 0 radical (unpaired) electrons. The highest BCUT2D eigenvalue weighted by Crippen LogP contribution is 2.23. The van der Waals surface area contributed by atoms with Crippen molar-refractivity contribution < 1.29 is 4.39 Å². The predicted octanol–water partition coefficient (Wildman–Crippen LogP) is 2.66. The standard InChI is InChI=1S/C14H11FN4/c15-10-6-7-13(17-8-10)14-12(16)9-19(18-14)11-4-2-1-3-5-11/h1-9H,16H2. The number of anilines is 1. The smallest absolute Gasteiger partial charge is 0.141 e. The number of nitrogens with two attached hydrogens (primary N) is 1. The van der Waals surface area contributed by atoms with Crippen LogP contribution in [0.5, 0.6) is 0 Å². The van der Waals surface area contributed by atoms with Crippen LogP contribution in [-0.2, 0) is 0 Å². The molecule has 0 aliphatic carbocycles. The maximum atomic E-state index is 12.9. The van der Waals surface area contributed by atoms with Crippen LogP contribution in [0.1, 0.15) is 0 Å². The Morgan fingerprint density at radius 1 is 1.05 bits per heavy atom. The Balaban J connectivity index is 2.05. The number of halogens is 1. The molecule has 1 aromatic carbocycles. The van der Waals surface area contributed by atoms with Gasteiger partial charge in [0.1, 0.15) is 11.5 Å². The molecule has 3 rings (SSSR count). The van der Waals surface area contributed by atoms with Crippen LogP contribution in [0.15, 0.2) is 54.9 Å². The Labute approximate surface area is 109 Å². The molecule has 94 valence electrons. The molecule has 2 aromatic heterocycles. The van der Waals surface area contributed by atoms with Crippen LogP contribution >= 0.6 is 0 Å². The molecule has 0 aliphatic heterocycles. The van der Waals surface area contributed by atoms with Crippen molar-refractivity contribution in [2.24, 2.45) is 0 Å². The molecule has 5 heteroatoms. The Morgan fingerprint density at radius 3 is 2.53 bits per heavy atom. The molecule has 4 nitrogen and oxygen atoms in total. The summed E-state index contributed by atoms with van der Waals surface area (Å²) in [5.74, 6) is -0.384. The Hall–Kier alpha value is -2.69. The number of hydrogen-bond acceptors (Lipinski definition) is 3. The Kier molecular flexibility index (Phi) is 2.72. The molecule has 0 atom stereocenters. The van der Waals surface area contributed by atoms with E-state index in [1.54, 1.807) is 16.9 Å². The first-order valence-electron chi connectivity index (χ1n) is 5.76. The monoisotopic (exact) mass is 254 g/mol. The van der Waals surface area contributed by atoms with Crippen LogP contribution in [0.4, 0.5) is 10.1 Å². The molecule has 0 bridgehead atoms. The molecule has 19 heavy (non-hydrogen) atoms. The number of rotatable bonds is 2. The van der Waals surface area contributed by atoms with Crippen molar-refractivity contribution in [1.82, 2.24) is 14.8 Å². The SMILES string of the molecule is Nc1cn(-c2ccccc2)nc1-c1ccc(F)cn1. The van der Waals surface area contributed by atoms with Gasteiger partial charge in [0, 0.05) is 0 Å². The summed E-state index contributed by atoms with van der Waals surface area (Å²) in [6.07, 6.45) is 2.87. The topological polar surface area (TPSA) is 56.7 Å². The number of hydrogen-bond donors (Lipinski definition) is 1. The number of aromatic nitrogens is 3. The van der Waals surface area contributed by atoms with E-state index in [0.717, 1.165) is 11.9 Å². The minimum Gasteiger partial charge on any atom is -0.396 e. The van der Waals surface area contributed by atoms with E-state index in [9.17, 15) is 4.39 Å². The van der Waals surface area contributed by atoms with E-state index in [1.165, 1.54) is 6.07 Å². The molecule has 0 amide bonds. The molecule has 0 saturated heterocycles. The summed E-state index contributed by atoms with van der Waals surface area (Å²) in [6, 6.07) is 12.5. The molecule has 0 saturated carbocycles. The molecule has 0 aliphatic rings. The molecular formula is C14H11FN4. The number of pyridine rings is 1. The van der Waals surface area contributed by atoms with Gasteiger partial charge in [-0.15, -0.1) is 0 Å². The normalized spacial score (nSPS) is 10.6. The molecule has 3 aromatic rings. The summed E-state index contributed by atoms with van der Waals surface area (Å²) in [6.45, 7) is 0. The second-order valence-electron chi connectivity index (χ2n) is 4.07. The van der Waals surface area contributed by atoms with Crippen molar-refractivity contribution in [2.75, 3.05) is 5.73 Å². The number of para-hydroxylation sites is 1. The minimum atomic E-state index is -0.384. The van der Waals surface area contributed by atoms with Crippen LogP contribution < -0.4 is 5.73 Å². The summed E-state index contributed by atoms with van der Waals surface area (Å²) >= 11 is 0. The first-order valence-corrected chi connectivity index (χ1v) is 5.76. The number of benzene rings is 1. The Morgan fingerprint density at radius 2 is 1.84 bits per heavy atom. The van der Waals surface area contributed by atoms with Crippen molar-refractivity contribution in [3.05, 3.63) is 60.7 Å². The first-order chi connectivity index (χ1) is 9.24. The fourth-order valence-corrected chi connectivity index (χ4v) is 1.82. The van der Waals surface area contributed by atoms with Gasteiger partial charge < -0.3 is 5.73 Å². The summed E-state index contributed by atoms with van der Waals surface area (Å²) in [4.78, 5) is 3.99. The molecule has 0 unspecified atom stereocenters. The second kappa shape index (κ2) is 4.53. The third-order valence-electron chi connectivity index (χ3n) is 2.73. The van der Waals surface area contributed by atoms with Crippen molar-refractivity contribution >= 4 is 5.69 Å². The third-order valence-corrected chi connectivity index (χ3v) is 2.73. The first kappa shape index (κ1) is 11.4. The van der Waals surface area contributed by atoms with Crippen molar-refractivity contribution in [3.8, 4) is 17.1 Å². The van der Waals surface area contributed by atoms with Crippen molar-refractivity contribution in [3.63, 3.8) is 0 Å². The summed E-state index contributed by atoms with van der Waals surface area (Å²) in [5.41, 5.74) is 8.43. The summed E-state index contributed by atoms with van der Waals surface area (Å²) in [5, 5.41) is 4.39. The van der Waals surface area contributed by atoms with E-state index in [1.807, 2.05) is 30.3 Å². The van der Waals surface area contributed by atoms with E-state index in [0.29, 0.717) is 17.1 Å². The van der Waals surface area contributed by atoms with Gasteiger partial charge in [-0.3, -0.25) is 4.98 Å². The molecule has 0 spiro atoms. The lowest BCUT2D eigenvalue weighted by atomic mass is 10.2. The highest BCUT2D eigenvalue weighted by atomic mass is 19.1. The molecule has 2 heterocycles. The van der Waals surface area contributed by atoms with E-state index >= 15 is 0 Å². The van der Waals surface area contributed by atoms with Gasteiger partial charge in [0.25, 0.3) is 0 Å². The van der Waals surface area contributed by atoms with Crippen LogP contribution in [0.2, 0.25) is 0 Å². The third kappa shape index (κ3) is 2.18. The zero-order valence-corrected chi connectivity index (χ0v) is 9.99. The molecule has 2 N–H and O–H groups in total. The van der Waals surface area contributed by atoms with Gasteiger partial charge in [0.15, 0.2) is 0 Å². The zero-order valence-electron chi connectivity index (χ0n) is 9.99. The number of nitrogens with zero attached hydrogens (tertiary/aromatic N) is 3. The minimum absolute atomic E-state index is 0.384. The largest absolute Gasteiger partial charge is 0.396 e. The lowest BCUT2D eigenvalue weighted by molar-refractivity contribution is 0.621. The fraction of sp³-hybridized carbons (Fsp3) is 0. The van der Waals surface area contributed by atoms with Crippen LogP contribution in [0.3, 0.4) is 0 Å². The highest BCUT2D eigenvalue weighted by molar-refractivity contribution is 5.69. The van der Waals surface area contributed by atoms with E-state index < -0.39 is 0 Å². The summed E-state index contributed by atoms with van der Waals surface area (Å²) in [7, 11) is 0. The van der Waals surface area contributed by atoms with Crippen LogP contribution in [0.25, 0.3) is 17.1 Å². The summed E-state index contributed by atoms with van der Waals surface area (Å²) < 4.78 is 14.5. The lowest BCUT2D eigenvalue weighted by Gasteiger charge is -1.99. The van der Waals surface area contributed by atoms with Crippen LogP contribution in [0, 0.1) is 5.82 Å². The average Bonchev–Trinajstić information content (AvgIpc) is 2.83. The Bertz CT molecular complexity index is 689. The van der Waals surface area contributed by atoms with Gasteiger partial charge in [-0.25, -0.2) is 9.07 Å². The highest BCUT2D eigenvalue weighted by Gasteiger charge is 2.10. The quantitative estimate of drug-likeness (QED) is 0.764. The fourth-order valence-electron chi connectivity index (χ4n) is 1.82. The van der Waals surface area contributed by atoms with Gasteiger partial charge in [0.2, 0.25) is 0 Å². The van der Waals surface area contributed by atoms with Crippen LogP contribution in [-0.4, -0.2) is 14.8 Å². The predicted molar refractivity (Wildman–Crippen MR) is 71.2 cm³/mol. The van der Waals surface area contributed by atoms with Crippen molar-refractivity contribution in [2.45, 2.75) is 0 Å². The van der Waals surface area contributed by atoms with E-state index in [4.69, 9.17) is 5.73 Å².